The SMILES string of the molecule is O=C(O)COCCCCN1C(=O)CCCC1=CCC(=O)Cc1ccccc1. The van der Waals surface area contributed by atoms with E-state index in [0.29, 0.717) is 38.8 Å². The summed E-state index contributed by atoms with van der Waals surface area (Å²) >= 11 is 0. The zero-order valence-electron chi connectivity index (χ0n) is 15.6. The van der Waals surface area contributed by atoms with E-state index in [0.717, 1.165) is 30.5 Å². The Hall–Kier alpha value is -2.47. The lowest BCUT2D eigenvalue weighted by Crippen LogP contribution is -2.34. The summed E-state index contributed by atoms with van der Waals surface area (Å²) in [6.07, 6.45) is 6.21. The predicted octanol–water partition coefficient (Wildman–Crippen LogP) is 2.97. The van der Waals surface area contributed by atoms with Gasteiger partial charge in [0, 0.05) is 38.1 Å². The van der Waals surface area contributed by atoms with Crippen LogP contribution in [0.25, 0.3) is 0 Å². The molecule has 1 aliphatic rings. The van der Waals surface area contributed by atoms with Gasteiger partial charge in [-0.1, -0.05) is 36.4 Å². The van der Waals surface area contributed by atoms with Crippen molar-refractivity contribution in [3.8, 4) is 0 Å². The fourth-order valence-electron chi connectivity index (χ4n) is 3.09. The van der Waals surface area contributed by atoms with E-state index in [-0.39, 0.29) is 18.3 Å². The lowest BCUT2D eigenvalue weighted by molar-refractivity contribution is -0.142. The number of carbonyl (C=O) groups is 3. The highest BCUT2D eigenvalue weighted by Gasteiger charge is 2.22. The normalized spacial score (nSPS) is 15.9. The zero-order chi connectivity index (χ0) is 19.5. The van der Waals surface area contributed by atoms with Crippen molar-refractivity contribution in [2.24, 2.45) is 0 Å². The van der Waals surface area contributed by atoms with Crippen molar-refractivity contribution in [3.05, 3.63) is 47.7 Å². The van der Waals surface area contributed by atoms with Crippen LogP contribution >= 0.6 is 0 Å². The van der Waals surface area contributed by atoms with Gasteiger partial charge in [-0.3, -0.25) is 9.59 Å². The molecule has 0 bridgehead atoms. The van der Waals surface area contributed by atoms with Gasteiger partial charge in [0.05, 0.1) is 0 Å². The molecule has 0 saturated carbocycles. The molecule has 1 aliphatic heterocycles. The summed E-state index contributed by atoms with van der Waals surface area (Å²) in [5.74, 6) is -0.755. The van der Waals surface area contributed by atoms with Crippen LogP contribution in [0.4, 0.5) is 0 Å². The van der Waals surface area contributed by atoms with Crippen LogP contribution in [0.5, 0.6) is 0 Å². The molecule has 0 radical (unpaired) electrons. The number of ether oxygens (including phenoxy) is 1. The Morgan fingerprint density at radius 3 is 2.67 bits per heavy atom. The fraction of sp³-hybridized carbons (Fsp3) is 0.476. The van der Waals surface area contributed by atoms with Gasteiger partial charge < -0.3 is 14.7 Å². The minimum atomic E-state index is -0.980. The molecule has 2 rings (SSSR count). The van der Waals surface area contributed by atoms with Gasteiger partial charge in [0.15, 0.2) is 0 Å². The summed E-state index contributed by atoms with van der Waals surface area (Å²) in [6, 6.07) is 9.64. The van der Waals surface area contributed by atoms with Crippen molar-refractivity contribution in [2.75, 3.05) is 19.8 Å². The topological polar surface area (TPSA) is 83.9 Å². The number of unbranched alkanes of at least 4 members (excludes halogenated alkanes) is 1. The molecule has 146 valence electrons. The lowest BCUT2D eigenvalue weighted by atomic mass is 10.0. The van der Waals surface area contributed by atoms with E-state index in [4.69, 9.17) is 9.84 Å². The first kappa shape index (κ1) is 20.8. The van der Waals surface area contributed by atoms with Crippen LogP contribution < -0.4 is 0 Å². The van der Waals surface area contributed by atoms with Gasteiger partial charge in [0.1, 0.15) is 12.4 Å². The molecule has 6 nitrogen and oxygen atoms in total. The van der Waals surface area contributed by atoms with Crippen LogP contribution in [-0.2, 0) is 25.5 Å². The number of likely N-dealkylation sites (tertiary alicyclic amines) is 1. The number of piperidine rings is 1. The average Bonchev–Trinajstić information content (AvgIpc) is 2.65. The molecule has 0 atom stereocenters. The van der Waals surface area contributed by atoms with Gasteiger partial charge in [0.2, 0.25) is 5.91 Å². The first-order valence-corrected chi connectivity index (χ1v) is 9.41. The third-order valence-electron chi connectivity index (χ3n) is 4.43. The third-order valence-corrected chi connectivity index (χ3v) is 4.43. The van der Waals surface area contributed by atoms with Gasteiger partial charge in [0.25, 0.3) is 0 Å². The summed E-state index contributed by atoms with van der Waals surface area (Å²) in [5, 5.41) is 8.53. The number of Topliss-reactive ketones (excluding diaryl/α,β-unsaturated/α-hetero) is 1. The molecule has 1 aromatic carbocycles. The molecule has 1 heterocycles. The molecule has 1 saturated heterocycles. The second-order valence-corrected chi connectivity index (χ2v) is 6.65. The predicted molar refractivity (Wildman–Crippen MR) is 101 cm³/mol. The zero-order valence-corrected chi connectivity index (χ0v) is 15.6. The number of carboxylic acid groups (broad SMARTS) is 1. The Bertz CT molecular complexity index is 668. The fourth-order valence-corrected chi connectivity index (χ4v) is 3.09. The molecule has 1 fully saturated rings. The van der Waals surface area contributed by atoms with Crippen molar-refractivity contribution in [2.45, 2.75) is 44.9 Å². The quantitative estimate of drug-likeness (QED) is 0.603. The number of hydrogen-bond donors (Lipinski definition) is 1. The number of allylic oxidation sites excluding steroid dienone is 2. The lowest BCUT2D eigenvalue weighted by Gasteiger charge is -2.30. The molecule has 6 heteroatoms. The average molecular weight is 373 g/mol. The number of benzene rings is 1. The molecular formula is C21H27NO5. The maximum Gasteiger partial charge on any atom is 0.329 e. The van der Waals surface area contributed by atoms with Crippen molar-refractivity contribution in [1.29, 1.82) is 0 Å². The van der Waals surface area contributed by atoms with Gasteiger partial charge in [-0.05, 0) is 31.2 Å². The Morgan fingerprint density at radius 2 is 1.93 bits per heavy atom. The van der Waals surface area contributed by atoms with E-state index in [2.05, 4.69) is 0 Å². The van der Waals surface area contributed by atoms with E-state index in [1.165, 1.54) is 0 Å². The first-order valence-electron chi connectivity index (χ1n) is 9.41. The van der Waals surface area contributed by atoms with Crippen molar-refractivity contribution >= 4 is 17.7 Å². The number of aliphatic carboxylic acids is 1. The molecule has 1 N–H and O–H groups in total. The number of hydrogen-bond acceptors (Lipinski definition) is 4. The Kier molecular flexibility index (Phi) is 8.71. The summed E-state index contributed by atoms with van der Waals surface area (Å²) in [6.45, 7) is 0.647. The van der Waals surface area contributed by atoms with E-state index in [1.807, 2.05) is 36.4 Å². The maximum atomic E-state index is 12.2. The van der Waals surface area contributed by atoms with Gasteiger partial charge in [-0.15, -0.1) is 0 Å². The second-order valence-electron chi connectivity index (χ2n) is 6.65. The number of nitrogens with zero attached hydrogens (tertiary/aromatic N) is 1. The van der Waals surface area contributed by atoms with Crippen LogP contribution in [0, 0.1) is 0 Å². The Labute approximate surface area is 159 Å². The molecule has 0 unspecified atom stereocenters. The molecule has 0 aliphatic carbocycles. The monoisotopic (exact) mass is 373 g/mol. The molecule has 27 heavy (non-hydrogen) atoms. The summed E-state index contributed by atoms with van der Waals surface area (Å²) < 4.78 is 5.01. The third kappa shape index (κ3) is 7.74. The van der Waals surface area contributed by atoms with Crippen LogP contribution in [0.15, 0.2) is 42.1 Å². The number of ketones is 1. The largest absolute Gasteiger partial charge is 0.480 e. The Balaban J connectivity index is 1.81. The molecule has 0 spiro atoms. The van der Waals surface area contributed by atoms with Crippen molar-refractivity contribution in [3.63, 3.8) is 0 Å². The maximum absolute atomic E-state index is 12.2. The highest BCUT2D eigenvalue weighted by molar-refractivity contribution is 5.83. The minimum absolute atomic E-state index is 0.0921. The number of carboxylic acids is 1. The Morgan fingerprint density at radius 1 is 1.15 bits per heavy atom. The summed E-state index contributed by atoms with van der Waals surface area (Å²) in [5.41, 5.74) is 1.93. The number of carbonyl (C=O) groups excluding carboxylic acids is 2. The van der Waals surface area contributed by atoms with Gasteiger partial charge >= 0.3 is 5.97 Å². The molecular weight excluding hydrogens is 346 g/mol. The van der Waals surface area contributed by atoms with Crippen LogP contribution in [0.1, 0.15) is 44.1 Å². The van der Waals surface area contributed by atoms with Gasteiger partial charge in [-0.25, -0.2) is 4.79 Å². The van der Waals surface area contributed by atoms with Gasteiger partial charge in [-0.2, -0.15) is 0 Å². The summed E-state index contributed by atoms with van der Waals surface area (Å²) in [4.78, 5) is 36.6. The van der Waals surface area contributed by atoms with E-state index in [1.54, 1.807) is 4.90 Å². The number of amides is 1. The standard InChI is InChI=1S/C21H27NO5/c23-19(15-17-7-2-1-3-8-17)12-11-18-9-6-10-20(24)22(18)13-4-5-14-27-16-21(25)26/h1-3,7-8,11H,4-6,9-10,12-16H2,(H,25,26). The number of rotatable bonds is 11. The summed E-state index contributed by atoms with van der Waals surface area (Å²) in [7, 11) is 0. The second kappa shape index (κ2) is 11.3. The highest BCUT2D eigenvalue weighted by atomic mass is 16.5. The van der Waals surface area contributed by atoms with E-state index < -0.39 is 5.97 Å². The molecule has 1 amide bonds. The highest BCUT2D eigenvalue weighted by Crippen LogP contribution is 2.23. The van der Waals surface area contributed by atoms with Crippen LogP contribution in [-0.4, -0.2) is 47.4 Å². The van der Waals surface area contributed by atoms with Crippen LogP contribution in [0.3, 0.4) is 0 Å². The van der Waals surface area contributed by atoms with E-state index >= 15 is 0 Å². The molecule has 1 aromatic rings. The minimum Gasteiger partial charge on any atom is -0.480 e. The van der Waals surface area contributed by atoms with E-state index in [9.17, 15) is 14.4 Å². The smallest absolute Gasteiger partial charge is 0.329 e. The van der Waals surface area contributed by atoms with Crippen molar-refractivity contribution in [1.82, 2.24) is 4.90 Å². The first-order chi connectivity index (χ1) is 13.1. The molecule has 0 aromatic heterocycles. The van der Waals surface area contributed by atoms with Crippen molar-refractivity contribution < 1.29 is 24.2 Å². The van der Waals surface area contributed by atoms with Crippen LogP contribution in [0.2, 0.25) is 0 Å².